The molecule has 0 aromatic rings. The largest absolute Gasteiger partial charge is 0.330 e. The van der Waals surface area contributed by atoms with E-state index in [2.05, 4.69) is 0 Å². The lowest BCUT2D eigenvalue weighted by Crippen LogP contribution is -2.35. The van der Waals surface area contributed by atoms with E-state index in [-0.39, 0.29) is 11.3 Å². The fraction of sp³-hybridized carbons (Fsp3) is 1.00. The topological polar surface area (TPSA) is 26.0 Å². The van der Waals surface area contributed by atoms with E-state index in [1.165, 1.54) is 0 Å². The van der Waals surface area contributed by atoms with E-state index < -0.39 is 6.17 Å². The number of nitrogens with two attached hydrogens (primary N) is 1. The van der Waals surface area contributed by atoms with Gasteiger partial charge in [-0.1, -0.05) is 0 Å². The zero-order chi connectivity index (χ0) is 7.56. The normalized spacial score (nSPS) is 41.7. The maximum Gasteiger partial charge on any atom is 0.106 e. The van der Waals surface area contributed by atoms with E-state index >= 15 is 0 Å². The van der Waals surface area contributed by atoms with Gasteiger partial charge in [-0.05, 0) is 25.8 Å². The molecule has 3 atom stereocenters. The Morgan fingerprint density at radius 2 is 2.20 bits per heavy atom. The lowest BCUT2D eigenvalue weighted by Gasteiger charge is -2.28. The summed E-state index contributed by atoms with van der Waals surface area (Å²) in [5, 5.41) is -0.0336. The van der Waals surface area contributed by atoms with Crippen LogP contribution in [-0.4, -0.2) is 18.1 Å². The van der Waals surface area contributed by atoms with E-state index in [1.807, 2.05) is 0 Å². The minimum atomic E-state index is -0.763. The van der Waals surface area contributed by atoms with Gasteiger partial charge in [0.05, 0.1) is 0 Å². The molecule has 0 spiro atoms. The number of alkyl halides is 2. The van der Waals surface area contributed by atoms with Gasteiger partial charge in [-0.2, -0.15) is 0 Å². The van der Waals surface area contributed by atoms with Crippen LogP contribution in [0.25, 0.3) is 0 Å². The van der Waals surface area contributed by atoms with Crippen molar-refractivity contribution in [1.82, 2.24) is 0 Å². The summed E-state index contributed by atoms with van der Waals surface area (Å²) in [4.78, 5) is 0. The Balaban J connectivity index is 2.45. The number of hydrogen-bond acceptors (Lipinski definition) is 1. The molecule has 0 heterocycles. The SMILES string of the molecule is NCC1C(F)CCCC1Cl. The second kappa shape index (κ2) is 3.54. The predicted octanol–water partition coefficient (Wildman–Crippen LogP) is 1.69. The molecule has 0 radical (unpaired) electrons. The number of hydrogen-bond donors (Lipinski definition) is 1. The van der Waals surface area contributed by atoms with Gasteiger partial charge in [0.25, 0.3) is 0 Å². The van der Waals surface area contributed by atoms with Crippen molar-refractivity contribution in [2.45, 2.75) is 30.8 Å². The van der Waals surface area contributed by atoms with Crippen molar-refractivity contribution in [2.75, 3.05) is 6.54 Å². The van der Waals surface area contributed by atoms with Crippen LogP contribution in [0.15, 0.2) is 0 Å². The van der Waals surface area contributed by atoms with Gasteiger partial charge >= 0.3 is 0 Å². The molecule has 1 rings (SSSR count). The van der Waals surface area contributed by atoms with Crippen LogP contribution >= 0.6 is 11.6 Å². The van der Waals surface area contributed by atoms with E-state index in [1.54, 1.807) is 0 Å². The van der Waals surface area contributed by atoms with Gasteiger partial charge in [0.2, 0.25) is 0 Å². The molecule has 0 amide bonds. The predicted molar refractivity (Wildman–Crippen MR) is 40.9 cm³/mol. The second-order valence-corrected chi connectivity index (χ2v) is 3.42. The Morgan fingerprint density at radius 3 is 2.60 bits per heavy atom. The van der Waals surface area contributed by atoms with Crippen LogP contribution in [-0.2, 0) is 0 Å². The average Bonchev–Trinajstić information content (AvgIpc) is 1.88. The van der Waals surface area contributed by atoms with Crippen molar-refractivity contribution in [3.63, 3.8) is 0 Å². The molecular weight excluding hydrogens is 153 g/mol. The minimum Gasteiger partial charge on any atom is -0.330 e. The monoisotopic (exact) mass is 165 g/mol. The van der Waals surface area contributed by atoms with Crippen molar-refractivity contribution in [3.05, 3.63) is 0 Å². The van der Waals surface area contributed by atoms with Crippen LogP contribution in [0.5, 0.6) is 0 Å². The first-order valence-corrected chi connectivity index (χ1v) is 4.17. The van der Waals surface area contributed by atoms with Crippen LogP contribution in [0.2, 0.25) is 0 Å². The van der Waals surface area contributed by atoms with Crippen LogP contribution < -0.4 is 5.73 Å². The summed E-state index contributed by atoms with van der Waals surface area (Å²) in [6.45, 7) is 0.384. The Morgan fingerprint density at radius 1 is 1.50 bits per heavy atom. The highest BCUT2D eigenvalue weighted by Gasteiger charge is 2.30. The second-order valence-electron chi connectivity index (χ2n) is 2.86. The van der Waals surface area contributed by atoms with Gasteiger partial charge in [-0.15, -0.1) is 11.6 Å². The fourth-order valence-corrected chi connectivity index (χ4v) is 1.87. The first-order chi connectivity index (χ1) is 4.75. The van der Waals surface area contributed by atoms with Crippen LogP contribution in [0.3, 0.4) is 0 Å². The molecule has 0 bridgehead atoms. The fourth-order valence-electron chi connectivity index (χ4n) is 1.46. The van der Waals surface area contributed by atoms with Gasteiger partial charge < -0.3 is 5.73 Å². The zero-order valence-electron chi connectivity index (χ0n) is 5.89. The molecule has 1 fully saturated rings. The summed E-state index contributed by atoms with van der Waals surface area (Å²) in [7, 11) is 0. The standard InChI is InChI=1S/C7H13ClFN/c8-6-2-1-3-7(9)5(6)4-10/h5-7H,1-4,10H2. The summed E-state index contributed by atoms with van der Waals surface area (Å²) >= 11 is 5.86. The van der Waals surface area contributed by atoms with Gasteiger partial charge in [-0.25, -0.2) is 4.39 Å². The van der Waals surface area contributed by atoms with E-state index in [0.717, 1.165) is 12.8 Å². The summed E-state index contributed by atoms with van der Waals surface area (Å²) in [6.07, 6.45) is 1.71. The number of rotatable bonds is 1. The Hall–Kier alpha value is 0.180. The number of halogens is 2. The van der Waals surface area contributed by atoms with Crippen LogP contribution in [0.1, 0.15) is 19.3 Å². The molecule has 3 unspecified atom stereocenters. The Kier molecular flexibility index (Phi) is 2.93. The van der Waals surface area contributed by atoms with Crippen molar-refractivity contribution in [2.24, 2.45) is 11.7 Å². The maximum absolute atomic E-state index is 12.9. The van der Waals surface area contributed by atoms with Gasteiger partial charge in [-0.3, -0.25) is 0 Å². The molecule has 2 N–H and O–H groups in total. The van der Waals surface area contributed by atoms with E-state index in [9.17, 15) is 4.39 Å². The first kappa shape index (κ1) is 8.28. The molecule has 0 aromatic heterocycles. The third kappa shape index (κ3) is 1.61. The van der Waals surface area contributed by atoms with Crippen LogP contribution in [0, 0.1) is 5.92 Å². The Bertz CT molecular complexity index is 99.8. The van der Waals surface area contributed by atoms with Crippen molar-refractivity contribution in [3.8, 4) is 0 Å². The molecule has 1 aliphatic rings. The summed E-state index contributed by atoms with van der Waals surface area (Å²) < 4.78 is 12.9. The van der Waals surface area contributed by atoms with Gasteiger partial charge in [0.1, 0.15) is 6.17 Å². The molecule has 0 aliphatic heterocycles. The molecule has 3 heteroatoms. The highest BCUT2D eigenvalue weighted by molar-refractivity contribution is 6.20. The summed E-state index contributed by atoms with van der Waals surface area (Å²) in [6, 6.07) is 0. The van der Waals surface area contributed by atoms with E-state index in [4.69, 9.17) is 17.3 Å². The lowest BCUT2D eigenvalue weighted by molar-refractivity contribution is 0.175. The first-order valence-electron chi connectivity index (χ1n) is 3.74. The smallest absolute Gasteiger partial charge is 0.106 e. The van der Waals surface area contributed by atoms with Crippen molar-refractivity contribution < 1.29 is 4.39 Å². The molecule has 0 saturated heterocycles. The molecule has 0 aromatic carbocycles. The minimum absolute atomic E-state index is 0.0336. The Labute approximate surface area is 65.7 Å². The third-order valence-corrected chi connectivity index (χ3v) is 2.70. The van der Waals surface area contributed by atoms with Crippen molar-refractivity contribution >= 4 is 11.6 Å². The maximum atomic E-state index is 12.9. The van der Waals surface area contributed by atoms with Gasteiger partial charge in [0, 0.05) is 11.3 Å². The molecule has 1 saturated carbocycles. The third-order valence-electron chi connectivity index (χ3n) is 2.16. The molecule has 1 nitrogen and oxygen atoms in total. The molecule has 1 aliphatic carbocycles. The van der Waals surface area contributed by atoms with Crippen LogP contribution in [0.4, 0.5) is 4.39 Å². The quantitative estimate of drug-likeness (QED) is 0.588. The zero-order valence-corrected chi connectivity index (χ0v) is 6.65. The summed E-state index contributed by atoms with van der Waals surface area (Å²) in [5.74, 6) is -0.101. The highest BCUT2D eigenvalue weighted by Crippen LogP contribution is 2.30. The van der Waals surface area contributed by atoms with E-state index in [0.29, 0.717) is 13.0 Å². The van der Waals surface area contributed by atoms with Crippen molar-refractivity contribution in [1.29, 1.82) is 0 Å². The molecule has 60 valence electrons. The highest BCUT2D eigenvalue weighted by atomic mass is 35.5. The summed E-state index contributed by atoms with van der Waals surface area (Å²) in [5.41, 5.74) is 5.36. The average molecular weight is 166 g/mol. The lowest BCUT2D eigenvalue weighted by atomic mass is 9.87. The van der Waals surface area contributed by atoms with Gasteiger partial charge in [0.15, 0.2) is 0 Å². The molecular formula is C7H13ClFN. The molecule has 10 heavy (non-hydrogen) atoms.